The number of hydrogen-bond acceptors (Lipinski definition) is 4. The number of carbonyl (C=O) groups excluding carboxylic acids is 1. The van der Waals surface area contributed by atoms with E-state index in [0.717, 1.165) is 24.3 Å². The number of ketones is 1. The molecule has 80 valence electrons. The third-order valence-electron chi connectivity index (χ3n) is 2.63. The molecule has 1 aromatic heterocycles. The Morgan fingerprint density at radius 1 is 1.40 bits per heavy atom. The van der Waals surface area contributed by atoms with Crippen molar-refractivity contribution >= 4 is 17.3 Å². The number of aromatic nitrogens is 1. The van der Waals surface area contributed by atoms with Gasteiger partial charge in [0.25, 0.3) is 0 Å². The summed E-state index contributed by atoms with van der Waals surface area (Å²) in [4.78, 5) is 16.0. The Hall–Kier alpha value is -1.58. The van der Waals surface area contributed by atoms with Crippen molar-refractivity contribution in [2.24, 2.45) is 5.92 Å². The topological polar surface area (TPSA) is 54.0 Å². The van der Waals surface area contributed by atoms with Crippen LogP contribution in [0, 0.1) is 5.92 Å². The highest BCUT2D eigenvalue weighted by Gasteiger charge is 2.30. The van der Waals surface area contributed by atoms with Crippen LogP contribution >= 0.6 is 0 Å². The molecule has 0 spiro atoms. The predicted octanol–water partition coefficient (Wildman–Crippen LogP) is 1.76. The number of hydrogen-bond donors (Lipinski definition) is 2. The van der Waals surface area contributed by atoms with Crippen molar-refractivity contribution in [1.29, 1.82) is 0 Å². The lowest BCUT2D eigenvalue weighted by Gasteiger charge is -2.08. The molecule has 0 amide bonds. The highest BCUT2D eigenvalue weighted by Crippen LogP contribution is 2.33. The maximum absolute atomic E-state index is 11.8. The molecule has 1 aromatic rings. The summed E-state index contributed by atoms with van der Waals surface area (Å²) < 4.78 is 0. The molecule has 1 saturated carbocycles. The molecule has 2 N–H and O–H groups in total. The second-order valence-electron chi connectivity index (χ2n) is 3.76. The molecular formula is C11H15N3O. The second-order valence-corrected chi connectivity index (χ2v) is 3.76. The largest absolute Gasteiger partial charge is 0.385 e. The molecule has 0 bridgehead atoms. The molecule has 0 radical (unpaired) electrons. The average molecular weight is 205 g/mol. The van der Waals surface area contributed by atoms with Crippen molar-refractivity contribution in [3.63, 3.8) is 0 Å². The summed E-state index contributed by atoms with van der Waals surface area (Å²) in [5.41, 5.74) is 1.57. The number of rotatable bonds is 4. The first-order chi connectivity index (χ1) is 7.26. The first kappa shape index (κ1) is 9.96. The van der Waals surface area contributed by atoms with E-state index in [1.54, 1.807) is 6.20 Å². The Morgan fingerprint density at radius 3 is 2.67 bits per heavy atom. The smallest absolute Gasteiger partial charge is 0.167 e. The molecule has 0 unspecified atom stereocenters. The Labute approximate surface area is 89.1 Å². The van der Waals surface area contributed by atoms with Crippen LogP contribution in [0.15, 0.2) is 12.3 Å². The summed E-state index contributed by atoms with van der Waals surface area (Å²) >= 11 is 0. The van der Waals surface area contributed by atoms with Crippen molar-refractivity contribution in [2.45, 2.75) is 12.8 Å². The molecule has 0 atom stereocenters. The van der Waals surface area contributed by atoms with Gasteiger partial charge in [-0.1, -0.05) is 0 Å². The number of nitrogens with one attached hydrogen (secondary N) is 2. The van der Waals surface area contributed by atoms with Crippen LogP contribution in [0.4, 0.5) is 11.5 Å². The Kier molecular flexibility index (Phi) is 2.58. The van der Waals surface area contributed by atoms with E-state index in [4.69, 9.17) is 0 Å². The molecule has 2 rings (SSSR count). The van der Waals surface area contributed by atoms with Crippen molar-refractivity contribution in [1.82, 2.24) is 4.98 Å². The van der Waals surface area contributed by atoms with Crippen LogP contribution in [0.2, 0.25) is 0 Å². The van der Waals surface area contributed by atoms with E-state index in [1.165, 1.54) is 0 Å². The zero-order valence-corrected chi connectivity index (χ0v) is 9.00. The second kappa shape index (κ2) is 3.88. The molecule has 4 heteroatoms. The van der Waals surface area contributed by atoms with Gasteiger partial charge in [0.05, 0.1) is 5.69 Å². The van der Waals surface area contributed by atoms with Gasteiger partial charge in [0.1, 0.15) is 5.82 Å². The third-order valence-corrected chi connectivity index (χ3v) is 2.63. The summed E-state index contributed by atoms with van der Waals surface area (Å²) in [5, 5.41) is 6.00. The van der Waals surface area contributed by atoms with E-state index in [2.05, 4.69) is 15.6 Å². The molecule has 1 fully saturated rings. The van der Waals surface area contributed by atoms with Gasteiger partial charge in [0.15, 0.2) is 5.78 Å². The molecule has 0 aliphatic heterocycles. The quantitative estimate of drug-likeness (QED) is 0.735. The van der Waals surface area contributed by atoms with E-state index >= 15 is 0 Å². The van der Waals surface area contributed by atoms with Gasteiger partial charge in [-0.25, -0.2) is 4.98 Å². The van der Waals surface area contributed by atoms with E-state index in [0.29, 0.717) is 5.56 Å². The van der Waals surface area contributed by atoms with E-state index in [1.807, 2.05) is 20.2 Å². The molecule has 1 aliphatic carbocycles. The zero-order chi connectivity index (χ0) is 10.8. The van der Waals surface area contributed by atoms with Gasteiger partial charge in [-0.2, -0.15) is 0 Å². The minimum Gasteiger partial charge on any atom is -0.385 e. The van der Waals surface area contributed by atoms with E-state index in [9.17, 15) is 4.79 Å². The van der Waals surface area contributed by atoms with Crippen LogP contribution in [-0.4, -0.2) is 24.9 Å². The van der Waals surface area contributed by atoms with E-state index in [-0.39, 0.29) is 11.7 Å². The first-order valence-electron chi connectivity index (χ1n) is 5.16. The highest BCUT2D eigenvalue weighted by atomic mass is 16.1. The minimum absolute atomic E-state index is 0.224. The van der Waals surface area contributed by atoms with Gasteiger partial charge in [-0.15, -0.1) is 0 Å². The molecular weight excluding hydrogens is 190 g/mol. The highest BCUT2D eigenvalue weighted by molar-refractivity contribution is 6.00. The fourth-order valence-electron chi connectivity index (χ4n) is 1.57. The summed E-state index contributed by atoms with van der Waals surface area (Å²) in [6.07, 6.45) is 3.70. The predicted molar refractivity (Wildman–Crippen MR) is 60.4 cm³/mol. The summed E-state index contributed by atoms with van der Waals surface area (Å²) in [7, 11) is 3.63. The lowest BCUT2D eigenvalue weighted by Crippen LogP contribution is -2.06. The number of anilines is 2. The molecule has 1 heterocycles. The Bertz CT molecular complexity index is 385. The van der Waals surface area contributed by atoms with Crippen LogP contribution in [0.25, 0.3) is 0 Å². The normalized spacial score (nSPS) is 14.8. The molecule has 0 aromatic carbocycles. The number of Topliss-reactive ketones (excluding diaryl/α,β-unsaturated/α-hetero) is 1. The number of carbonyl (C=O) groups is 1. The number of nitrogens with zero attached hydrogens (tertiary/aromatic N) is 1. The fourth-order valence-corrected chi connectivity index (χ4v) is 1.57. The summed E-state index contributed by atoms with van der Waals surface area (Å²) in [5.74, 6) is 1.24. The molecule has 15 heavy (non-hydrogen) atoms. The fraction of sp³-hybridized carbons (Fsp3) is 0.455. The molecule has 4 nitrogen and oxygen atoms in total. The van der Waals surface area contributed by atoms with Crippen LogP contribution in [0.1, 0.15) is 23.2 Å². The summed E-state index contributed by atoms with van der Waals surface area (Å²) in [6.45, 7) is 0. The maximum Gasteiger partial charge on any atom is 0.167 e. The van der Waals surface area contributed by atoms with Gasteiger partial charge in [-0.3, -0.25) is 4.79 Å². The van der Waals surface area contributed by atoms with Gasteiger partial charge in [0.2, 0.25) is 0 Å². The minimum atomic E-state index is 0.224. The van der Waals surface area contributed by atoms with Gasteiger partial charge >= 0.3 is 0 Å². The third kappa shape index (κ3) is 1.93. The van der Waals surface area contributed by atoms with E-state index < -0.39 is 0 Å². The van der Waals surface area contributed by atoms with Gasteiger partial charge in [0, 0.05) is 31.8 Å². The SMILES string of the molecule is CNc1cc(C(=O)C2CC2)cnc1NC. The van der Waals surface area contributed by atoms with Crippen molar-refractivity contribution in [2.75, 3.05) is 24.7 Å². The van der Waals surface area contributed by atoms with Crippen molar-refractivity contribution in [3.8, 4) is 0 Å². The van der Waals surface area contributed by atoms with Crippen LogP contribution in [0.3, 0.4) is 0 Å². The standard InChI is InChI=1S/C11H15N3O/c1-12-9-5-8(6-14-11(9)13-2)10(15)7-3-4-7/h5-7,12H,3-4H2,1-2H3,(H,13,14). The summed E-state index contributed by atoms with van der Waals surface area (Å²) in [6, 6.07) is 1.86. The molecule has 1 aliphatic rings. The van der Waals surface area contributed by atoms with Gasteiger partial charge < -0.3 is 10.6 Å². The zero-order valence-electron chi connectivity index (χ0n) is 9.00. The van der Waals surface area contributed by atoms with Crippen LogP contribution in [-0.2, 0) is 0 Å². The van der Waals surface area contributed by atoms with Gasteiger partial charge in [-0.05, 0) is 18.9 Å². The van der Waals surface area contributed by atoms with Crippen molar-refractivity contribution < 1.29 is 4.79 Å². The lowest BCUT2D eigenvalue weighted by molar-refractivity contribution is 0.0967. The first-order valence-corrected chi connectivity index (χ1v) is 5.16. The number of pyridine rings is 1. The molecule has 0 saturated heterocycles. The van der Waals surface area contributed by atoms with Crippen molar-refractivity contribution in [3.05, 3.63) is 17.8 Å². The Balaban J connectivity index is 2.29. The van der Waals surface area contributed by atoms with Crippen LogP contribution in [0.5, 0.6) is 0 Å². The monoisotopic (exact) mass is 205 g/mol. The van der Waals surface area contributed by atoms with Crippen LogP contribution < -0.4 is 10.6 Å². The maximum atomic E-state index is 11.8. The lowest BCUT2D eigenvalue weighted by atomic mass is 10.1. The average Bonchev–Trinajstić information content (AvgIpc) is 3.11. The Morgan fingerprint density at radius 2 is 2.13 bits per heavy atom.